The largest absolute Gasteiger partial charge is 0.496 e. The number of aromatic hydroxyl groups is 1. The highest BCUT2D eigenvalue weighted by atomic mass is 32.1. The lowest BCUT2D eigenvalue weighted by atomic mass is 10.1. The summed E-state index contributed by atoms with van der Waals surface area (Å²) in [5, 5.41) is 12.6. The van der Waals surface area contributed by atoms with Gasteiger partial charge in [-0.2, -0.15) is 0 Å². The molecule has 0 bridgehead atoms. The van der Waals surface area contributed by atoms with E-state index in [1.165, 1.54) is 0 Å². The number of aryl methyl sites for hydroxylation is 1. The molecule has 0 aliphatic heterocycles. The van der Waals surface area contributed by atoms with E-state index in [2.05, 4.69) is 15.3 Å². The van der Waals surface area contributed by atoms with Crippen LogP contribution in [-0.2, 0) is 13.0 Å². The number of carbonyl (C=O) groups is 1. The highest BCUT2D eigenvalue weighted by molar-refractivity contribution is 7.09. The zero-order valence-electron chi connectivity index (χ0n) is 14.9. The lowest BCUT2D eigenvalue weighted by Crippen LogP contribution is -2.24. The first-order valence-electron chi connectivity index (χ1n) is 8.25. The van der Waals surface area contributed by atoms with Crippen molar-refractivity contribution >= 4 is 17.2 Å². The van der Waals surface area contributed by atoms with Gasteiger partial charge in [0.25, 0.3) is 5.91 Å². The number of methoxy groups -OCH3 is 1. The first kappa shape index (κ1) is 18.7. The minimum Gasteiger partial charge on any atom is -0.496 e. The Morgan fingerprint density at radius 3 is 2.81 bits per heavy atom. The Hall–Kier alpha value is -3.13. The lowest BCUT2D eigenvalue weighted by molar-refractivity contribution is 0.0945. The summed E-state index contributed by atoms with van der Waals surface area (Å²) in [5.41, 5.74) is 2.80. The van der Waals surface area contributed by atoms with Gasteiger partial charge in [-0.1, -0.05) is 23.5 Å². The van der Waals surface area contributed by atoms with E-state index in [9.17, 15) is 14.7 Å². The Morgan fingerprint density at radius 2 is 2.15 bits per heavy atom. The number of carbonyl (C=O) groups excluding carboxylic acids is 1. The molecule has 0 spiro atoms. The van der Waals surface area contributed by atoms with Gasteiger partial charge in [0.05, 0.1) is 12.0 Å². The summed E-state index contributed by atoms with van der Waals surface area (Å²) in [7, 11) is 1.56. The molecule has 27 heavy (non-hydrogen) atoms. The first-order chi connectivity index (χ1) is 13.0. The number of nitrogens with zero attached hydrogens (tertiary/aromatic N) is 1. The number of hydrogen-bond acceptors (Lipinski definition) is 6. The Balaban J connectivity index is 1.76. The van der Waals surface area contributed by atoms with Crippen molar-refractivity contribution in [2.75, 3.05) is 7.11 Å². The van der Waals surface area contributed by atoms with Crippen molar-refractivity contribution in [2.45, 2.75) is 19.9 Å². The highest BCUT2D eigenvalue weighted by Gasteiger charge is 2.12. The molecule has 0 aliphatic carbocycles. The molecule has 0 saturated carbocycles. The van der Waals surface area contributed by atoms with Gasteiger partial charge >= 0.3 is 4.87 Å². The standard InChI is InChI=1S/C19H19N3O4S/c1-11-4-3-5-14(21-11)17(23)20-10-13-8-12(6-7-15(13)26-2)9-16-18(24)22-19(25)27-16/h3-8,24H,9-10H2,1-2H3,(H,20,23)(H,22,25). The van der Waals surface area contributed by atoms with Gasteiger partial charge < -0.3 is 15.2 Å². The number of nitrogens with one attached hydrogen (secondary N) is 2. The Bertz CT molecular complexity index is 1030. The number of ether oxygens (including phenoxy) is 1. The molecule has 0 radical (unpaired) electrons. The van der Waals surface area contributed by atoms with Crippen LogP contribution >= 0.6 is 11.3 Å². The molecule has 2 heterocycles. The van der Waals surface area contributed by atoms with Gasteiger partial charge in [-0.25, -0.2) is 4.98 Å². The number of rotatable bonds is 6. The zero-order chi connectivity index (χ0) is 19.4. The van der Waals surface area contributed by atoms with Gasteiger partial charge in [0.1, 0.15) is 11.4 Å². The number of hydrogen-bond donors (Lipinski definition) is 3. The topological polar surface area (TPSA) is 104 Å². The third-order valence-corrected chi connectivity index (χ3v) is 4.84. The summed E-state index contributed by atoms with van der Waals surface area (Å²) in [5.74, 6) is 0.261. The molecule has 8 heteroatoms. The zero-order valence-corrected chi connectivity index (χ0v) is 15.7. The van der Waals surface area contributed by atoms with Crippen LogP contribution < -0.4 is 14.9 Å². The number of amides is 1. The molecule has 1 aromatic carbocycles. The summed E-state index contributed by atoms with van der Waals surface area (Å²) in [6.45, 7) is 2.09. The quantitative estimate of drug-likeness (QED) is 0.604. The minimum atomic E-state index is -0.297. The van der Waals surface area contributed by atoms with Crippen LogP contribution in [0.3, 0.4) is 0 Å². The van der Waals surface area contributed by atoms with Crippen LogP contribution in [0, 0.1) is 6.92 Å². The summed E-state index contributed by atoms with van der Waals surface area (Å²) >= 11 is 0.971. The third kappa shape index (κ3) is 4.53. The van der Waals surface area contributed by atoms with Crippen LogP contribution in [0.2, 0.25) is 0 Å². The van der Waals surface area contributed by atoms with Crippen molar-refractivity contribution < 1.29 is 14.6 Å². The molecule has 7 nitrogen and oxygen atoms in total. The fraction of sp³-hybridized carbons (Fsp3) is 0.211. The van der Waals surface area contributed by atoms with E-state index in [1.807, 2.05) is 25.1 Å². The first-order valence-corrected chi connectivity index (χ1v) is 9.06. The summed E-state index contributed by atoms with van der Waals surface area (Å²) in [6.07, 6.45) is 0.402. The van der Waals surface area contributed by atoms with Gasteiger partial charge in [0.15, 0.2) is 0 Å². The van der Waals surface area contributed by atoms with Gasteiger partial charge in [0, 0.05) is 24.2 Å². The number of aromatic amines is 1. The average Bonchev–Trinajstić information content (AvgIpc) is 2.96. The minimum absolute atomic E-state index is 0.110. The normalized spacial score (nSPS) is 10.6. The van der Waals surface area contributed by atoms with E-state index in [-0.39, 0.29) is 23.2 Å². The van der Waals surface area contributed by atoms with Gasteiger partial charge in [-0.15, -0.1) is 0 Å². The van der Waals surface area contributed by atoms with Crippen molar-refractivity contribution in [3.8, 4) is 11.6 Å². The molecular weight excluding hydrogens is 366 g/mol. The predicted octanol–water partition coefficient (Wildman–Crippen LogP) is 2.37. The SMILES string of the molecule is COc1ccc(Cc2sc(=O)[nH]c2O)cc1CNC(=O)c1cccc(C)n1. The molecule has 0 aliphatic rings. The van der Waals surface area contributed by atoms with E-state index in [4.69, 9.17) is 4.74 Å². The van der Waals surface area contributed by atoms with Crippen LogP contribution in [0.25, 0.3) is 0 Å². The summed E-state index contributed by atoms with van der Waals surface area (Å²) in [6, 6.07) is 10.8. The molecule has 3 rings (SSSR count). The van der Waals surface area contributed by atoms with Crippen molar-refractivity contribution in [2.24, 2.45) is 0 Å². The predicted molar refractivity (Wildman–Crippen MR) is 103 cm³/mol. The Morgan fingerprint density at radius 1 is 1.33 bits per heavy atom. The lowest BCUT2D eigenvalue weighted by Gasteiger charge is -2.12. The number of pyridine rings is 1. The van der Waals surface area contributed by atoms with Gasteiger partial charge in [-0.05, 0) is 36.8 Å². The number of benzene rings is 1. The van der Waals surface area contributed by atoms with Crippen LogP contribution in [0.1, 0.15) is 32.2 Å². The maximum atomic E-state index is 12.3. The summed E-state index contributed by atoms with van der Waals surface area (Å²) in [4.78, 5) is 30.5. The molecule has 0 unspecified atom stereocenters. The molecule has 3 aromatic rings. The number of aromatic nitrogens is 2. The van der Waals surface area contributed by atoms with Crippen molar-refractivity contribution in [1.29, 1.82) is 0 Å². The van der Waals surface area contributed by atoms with Crippen molar-refractivity contribution in [3.05, 3.63) is 73.5 Å². The maximum Gasteiger partial charge on any atom is 0.307 e. The fourth-order valence-corrected chi connectivity index (χ4v) is 3.43. The third-order valence-electron chi connectivity index (χ3n) is 3.97. The second kappa shape index (κ2) is 8.05. The van der Waals surface area contributed by atoms with Crippen LogP contribution in [-0.4, -0.2) is 28.1 Å². The van der Waals surface area contributed by atoms with Gasteiger partial charge in [0.2, 0.25) is 5.88 Å². The van der Waals surface area contributed by atoms with E-state index in [0.717, 1.165) is 28.2 Å². The smallest absolute Gasteiger partial charge is 0.307 e. The Kier molecular flexibility index (Phi) is 5.56. The van der Waals surface area contributed by atoms with E-state index < -0.39 is 0 Å². The second-order valence-electron chi connectivity index (χ2n) is 5.96. The van der Waals surface area contributed by atoms with Crippen LogP contribution in [0.5, 0.6) is 11.6 Å². The Labute approximate surface area is 159 Å². The molecule has 0 atom stereocenters. The monoisotopic (exact) mass is 385 g/mol. The molecule has 1 amide bonds. The van der Waals surface area contributed by atoms with E-state index in [0.29, 0.717) is 22.7 Å². The number of H-pyrrole nitrogens is 1. The molecule has 140 valence electrons. The molecule has 0 fully saturated rings. The van der Waals surface area contributed by atoms with Crippen LogP contribution in [0.15, 0.2) is 41.2 Å². The molecule has 3 N–H and O–H groups in total. The van der Waals surface area contributed by atoms with Gasteiger partial charge in [-0.3, -0.25) is 14.6 Å². The number of thiazole rings is 1. The van der Waals surface area contributed by atoms with Crippen molar-refractivity contribution in [1.82, 2.24) is 15.3 Å². The molecule has 2 aromatic heterocycles. The van der Waals surface area contributed by atoms with E-state index >= 15 is 0 Å². The molecular formula is C19H19N3O4S. The fourth-order valence-electron chi connectivity index (χ4n) is 2.67. The highest BCUT2D eigenvalue weighted by Crippen LogP contribution is 2.25. The second-order valence-corrected chi connectivity index (χ2v) is 7.02. The van der Waals surface area contributed by atoms with Crippen LogP contribution in [0.4, 0.5) is 0 Å². The van der Waals surface area contributed by atoms with E-state index in [1.54, 1.807) is 25.3 Å². The maximum absolute atomic E-state index is 12.3. The average molecular weight is 385 g/mol. The molecule has 0 saturated heterocycles. The van der Waals surface area contributed by atoms with Crippen molar-refractivity contribution in [3.63, 3.8) is 0 Å². The summed E-state index contributed by atoms with van der Waals surface area (Å²) < 4.78 is 5.37.